The maximum atomic E-state index is 12.5. The molecule has 8 heteroatoms. The summed E-state index contributed by atoms with van der Waals surface area (Å²) < 4.78 is 5.21. The van der Waals surface area contributed by atoms with Crippen LogP contribution in [0.2, 0.25) is 0 Å². The molecule has 7 nitrogen and oxygen atoms in total. The van der Waals surface area contributed by atoms with Gasteiger partial charge in [0, 0.05) is 18.7 Å². The van der Waals surface area contributed by atoms with Crippen LogP contribution in [-0.4, -0.2) is 63.7 Å². The highest BCUT2D eigenvalue weighted by molar-refractivity contribution is 7.14. The van der Waals surface area contributed by atoms with Crippen LogP contribution >= 0.6 is 11.3 Å². The van der Waals surface area contributed by atoms with E-state index in [1.54, 1.807) is 9.80 Å². The van der Waals surface area contributed by atoms with E-state index in [9.17, 15) is 9.59 Å². The zero-order valence-electron chi connectivity index (χ0n) is 13.8. The summed E-state index contributed by atoms with van der Waals surface area (Å²) in [5.41, 5.74) is 0.651. The maximum Gasteiger partial charge on any atom is 0.312 e. The second kappa shape index (κ2) is 6.20. The first-order valence-corrected chi connectivity index (χ1v) is 8.95. The minimum Gasteiger partial charge on any atom is -0.376 e. The van der Waals surface area contributed by atoms with E-state index in [2.05, 4.69) is 10.2 Å². The van der Waals surface area contributed by atoms with Gasteiger partial charge in [-0.15, -0.1) is 10.2 Å². The number of hydrogen-bond donors (Lipinski definition) is 0. The standard InChI is InChI=1S/C17H18N4O3S/c1-17(10-24-11-17)21-8-7-20(15(22)16(21)23)9-13-18-19-14(25-13)12-5-3-2-4-6-12/h2-6H,7-11H2,1H3. The van der Waals surface area contributed by atoms with Gasteiger partial charge in [0.2, 0.25) is 0 Å². The number of piperazine rings is 1. The number of rotatable bonds is 4. The molecule has 0 atom stereocenters. The lowest BCUT2D eigenvalue weighted by atomic mass is 9.96. The van der Waals surface area contributed by atoms with Crippen LogP contribution in [0.4, 0.5) is 0 Å². The molecular formula is C17H18N4O3S. The van der Waals surface area contributed by atoms with E-state index in [-0.39, 0.29) is 5.54 Å². The molecule has 0 radical (unpaired) electrons. The molecule has 0 N–H and O–H groups in total. The molecule has 2 saturated heterocycles. The lowest BCUT2D eigenvalue weighted by Crippen LogP contribution is -2.68. The van der Waals surface area contributed by atoms with Crippen molar-refractivity contribution in [3.05, 3.63) is 35.3 Å². The topological polar surface area (TPSA) is 75.6 Å². The Balaban J connectivity index is 1.45. The predicted octanol–water partition coefficient (Wildman–Crippen LogP) is 1.16. The number of benzene rings is 1. The van der Waals surface area contributed by atoms with E-state index in [1.807, 2.05) is 37.3 Å². The second-order valence-electron chi connectivity index (χ2n) is 6.54. The third-order valence-corrected chi connectivity index (χ3v) is 5.56. The Kier molecular flexibility index (Phi) is 4.01. The van der Waals surface area contributed by atoms with Gasteiger partial charge in [-0.25, -0.2) is 0 Å². The first-order chi connectivity index (χ1) is 12.1. The lowest BCUT2D eigenvalue weighted by Gasteiger charge is -2.49. The number of carbonyl (C=O) groups is 2. The van der Waals surface area contributed by atoms with Gasteiger partial charge in [-0.2, -0.15) is 0 Å². The van der Waals surface area contributed by atoms with E-state index in [0.29, 0.717) is 32.8 Å². The van der Waals surface area contributed by atoms with Crippen LogP contribution in [0.1, 0.15) is 11.9 Å². The number of amides is 2. The fourth-order valence-electron chi connectivity index (χ4n) is 3.07. The van der Waals surface area contributed by atoms with Crippen LogP contribution in [0.25, 0.3) is 10.6 Å². The minimum absolute atomic E-state index is 0.316. The van der Waals surface area contributed by atoms with E-state index in [4.69, 9.17) is 4.74 Å². The van der Waals surface area contributed by atoms with Gasteiger partial charge in [0.15, 0.2) is 0 Å². The van der Waals surface area contributed by atoms with Gasteiger partial charge in [0.1, 0.15) is 10.0 Å². The molecule has 25 heavy (non-hydrogen) atoms. The third-order valence-electron chi connectivity index (χ3n) is 4.60. The summed E-state index contributed by atoms with van der Waals surface area (Å²) in [6, 6.07) is 9.78. The predicted molar refractivity (Wildman–Crippen MR) is 91.7 cm³/mol. The van der Waals surface area contributed by atoms with Crippen molar-refractivity contribution < 1.29 is 14.3 Å². The largest absolute Gasteiger partial charge is 0.376 e. The minimum atomic E-state index is -0.476. The molecule has 2 aromatic rings. The van der Waals surface area contributed by atoms with Crippen LogP contribution in [0.5, 0.6) is 0 Å². The average molecular weight is 358 g/mol. The van der Waals surface area contributed by atoms with Gasteiger partial charge < -0.3 is 14.5 Å². The molecule has 4 rings (SSSR count). The Hall–Kier alpha value is -2.32. The second-order valence-corrected chi connectivity index (χ2v) is 7.60. The quantitative estimate of drug-likeness (QED) is 0.767. The van der Waals surface area contributed by atoms with E-state index in [1.165, 1.54) is 11.3 Å². The van der Waals surface area contributed by atoms with Crippen molar-refractivity contribution in [1.29, 1.82) is 0 Å². The Morgan fingerprint density at radius 1 is 1.12 bits per heavy atom. The van der Waals surface area contributed by atoms with Crippen molar-refractivity contribution in [2.45, 2.75) is 19.0 Å². The fourth-order valence-corrected chi connectivity index (χ4v) is 3.93. The molecule has 0 bridgehead atoms. The molecule has 2 aliphatic heterocycles. The van der Waals surface area contributed by atoms with Crippen molar-refractivity contribution in [2.24, 2.45) is 0 Å². The number of aromatic nitrogens is 2. The van der Waals surface area contributed by atoms with Crippen LogP contribution < -0.4 is 0 Å². The molecule has 130 valence electrons. The number of carbonyl (C=O) groups excluding carboxylic acids is 2. The van der Waals surface area contributed by atoms with Gasteiger partial charge in [-0.05, 0) is 6.92 Å². The molecule has 0 aliphatic carbocycles. The molecule has 0 saturated carbocycles. The van der Waals surface area contributed by atoms with Crippen LogP contribution in [-0.2, 0) is 20.9 Å². The third kappa shape index (κ3) is 2.91. The summed E-state index contributed by atoms with van der Waals surface area (Å²) >= 11 is 1.44. The molecule has 3 heterocycles. The highest BCUT2D eigenvalue weighted by Crippen LogP contribution is 2.28. The highest BCUT2D eigenvalue weighted by atomic mass is 32.1. The van der Waals surface area contributed by atoms with Gasteiger partial charge in [0.05, 0.1) is 25.3 Å². The van der Waals surface area contributed by atoms with Crippen molar-refractivity contribution in [1.82, 2.24) is 20.0 Å². The Morgan fingerprint density at radius 2 is 1.88 bits per heavy atom. The molecule has 0 spiro atoms. The normalized spacial score (nSPS) is 19.9. The zero-order valence-corrected chi connectivity index (χ0v) is 14.7. The molecule has 1 aromatic heterocycles. The summed E-state index contributed by atoms with van der Waals surface area (Å²) in [5.74, 6) is -0.930. The number of ether oxygens (including phenoxy) is 1. The summed E-state index contributed by atoms with van der Waals surface area (Å²) in [5, 5.41) is 9.90. The van der Waals surface area contributed by atoms with Crippen molar-refractivity contribution in [2.75, 3.05) is 26.3 Å². The lowest BCUT2D eigenvalue weighted by molar-refractivity contribution is -0.178. The maximum absolute atomic E-state index is 12.5. The summed E-state index contributed by atoms with van der Waals surface area (Å²) in [7, 11) is 0. The van der Waals surface area contributed by atoms with Gasteiger partial charge in [-0.1, -0.05) is 41.7 Å². The summed E-state index contributed by atoms with van der Waals surface area (Å²) in [6.07, 6.45) is 0. The van der Waals surface area contributed by atoms with Crippen LogP contribution in [0.15, 0.2) is 30.3 Å². The monoisotopic (exact) mass is 358 g/mol. The molecule has 2 aliphatic rings. The Morgan fingerprint density at radius 3 is 2.56 bits per heavy atom. The Bertz CT molecular complexity index is 803. The van der Waals surface area contributed by atoms with Gasteiger partial charge >= 0.3 is 11.8 Å². The molecule has 2 amide bonds. The molecule has 1 aromatic carbocycles. The fraction of sp³-hybridized carbons (Fsp3) is 0.412. The van der Waals surface area contributed by atoms with E-state index >= 15 is 0 Å². The van der Waals surface area contributed by atoms with E-state index in [0.717, 1.165) is 15.6 Å². The highest BCUT2D eigenvalue weighted by Gasteiger charge is 2.47. The van der Waals surface area contributed by atoms with Crippen molar-refractivity contribution >= 4 is 23.2 Å². The van der Waals surface area contributed by atoms with Gasteiger partial charge in [0.25, 0.3) is 0 Å². The summed E-state index contributed by atoms with van der Waals surface area (Å²) in [4.78, 5) is 28.1. The molecule has 2 fully saturated rings. The van der Waals surface area contributed by atoms with Gasteiger partial charge in [-0.3, -0.25) is 9.59 Å². The number of hydrogen-bond acceptors (Lipinski definition) is 6. The Labute approximate surface area is 149 Å². The smallest absolute Gasteiger partial charge is 0.312 e. The van der Waals surface area contributed by atoms with Crippen LogP contribution in [0.3, 0.4) is 0 Å². The van der Waals surface area contributed by atoms with Crippen molar-refractivity contribution in [3.8, 4) is 10.6 Å². The summed E-state index contributed by atoms with van der Waals surface area (Å²) in [6.45, 7) is 4.27. The first-order valence-electron chi connectivity index (χ1n) is 8.13. The van der Waals surface area contributed by atoms with Crippen molar-refractivity contribution in [3.63, 3.8) is 0 Å². The first kappa shape index (κ1) is 16.2. The van der Waals surface area contributed by atoms with Crippen LogP contribution in [0, 0.1) is 0 Å². The SMILES string of the molecule is CC1(N2CCN(Cc3nnc(-c4ccccc4)s3)C(=O)C2=O)COC1. The molecular weight excluding hydrogens is 340 g/mol. The average Bonchev–Trinajstić information content (AvgIpc) is 3.07. The molecule has 0 unspecified atom stereocenters. The van der Waals surface area contributed by atoms with E-state index < -0.39 is 11.8 Å². The zero-order chi connectivity index (χ0) is 17.4. The number of nitrogens with zero attached hydrogens (tertiary/aromatic N) is 4.